The number of nitrogens with one attached hydrogen (secondary N) is 1. The monoisotopic (exact) mass is 319 g/mol. The van der Waals surface area contributed by atoms with Crippen LogP contribution in [0.1, 0.15) is 40.7 Å². The number of ketones is 1. The Bertz CT molecular complexity index is 611. The van der Waals surface area contributed by atoms with E-state index < -0.39 is 12.1 Å². The number of aryl methyl sites for hydroxylation is 2. The van der Waals surface area contributed by atoms with E-state index in [-0.39, 0.29) is 31.1 Å². The summed E-state index contributed by atoms with van der Waals surface area (Å²) in [6.07, 6.45) is 2.26. The molecule has 1 atom stereocenters. The molecular formula is C17H21NO5. The maximum absolute atomic E-state index is 12.2. The van der Waals surface area contributed by atoms with E-state index in [9.17, 15) is 14.4 Å². The summed E-state index contributed by atoms with van der Waals surface area (Å²) >= 11 is 0. The third-order valence-electron chi connectivity index (χ3n) is 4.04. The number of fused-ring (bicyclic) bond motifs is 1. The Hall–Kier alpha value is -2.21. The van der Waals surface area contributed by atoms with Gasteiger partial charge in [0.15, 0.2) is 11.9 Å². The molecule has 0 saturated heterocycles. The first-order chi connectivity index (χ1) is 11.0. The van der Waals surface area contributed by atoms with Gasteiger partial charge in [-0.05, 0) is 36.5 Å². The molecule has 1 aliphatic carbocycles. The summed E-state index contributed by atoms with van der Waals surface area (Å²) in [5.41, 5.74) is 3.17. The normalized spacial score (nSPS) is 14.1. The molecule has 2 rings (SSSR count). The summed E-state index contributed by atoms with van der Waals surface area (Å²) in [5.74, 6) is -1.57. The lowest BCUT2D eigenvalue weighted by Gasteiger charge is -2.11. The molecule has 124 valence electrons. The number of rotatable bonds is 8. The van der Waals surface area contributed by atoms with Crippen LogP contribution in [0.4, 0.5) is 0 Å². The van der Waals surface area contributed by atoms with E-state index in [1.807, 2.05) is 18.2 Å². The van der Waals surface area contributed by atoms with Gasteiger partial charge >= 0.3 is 5.97 Å². The predicted octanol–water partition coefficient (Wildman–Crippen LogP) is 1.35. The predicted molar refractivity (Wildman–Crippen MR) is 83.5 cm³/mol. The highest BCUT2D eigenvalue weighted by Gasteiger charge is 2.18. The number of methoxy groups -OCH3 is 1. The average Bonchev–Trinajstić information content (AvgIpc) is 3.00. The first-order valence-electron chi connectivity index (χ1n) is 7.68. The fraction of sp³-hybridized carbons (Fsp3) is 0.471. The number of aliphatic carboxylic acids is 1. The van der Waals surface area contributed by atoms with E-state index in [1.54, 1.807) is 0 Å². The second-order valence-electron chi connectivity index (χ2n) is 5.63. The molecule has 0 bridgehead atoms. The van der Waals surface area contributed by atoms with Gasteiger partial charge in [-0.2, -0.15) is 0 Å². The molecule has 0 spiro atoms. The number of amides is 1. The second-order valence-corrected chi connectivity index (χ2v) is 5.63. The highest BCUT2D eigenvalue weighted by atomic mass is 16.5. The Morgan fingerprint density at radius 2 is 1.96 bits per heavy atom. The molecular weight excluding hydrogens is 298 g/mol. The lowest BCUT2D eigenvalue weighted by molar-refractivity contribution is -0.148. The smallest absolute Gasteiger partial charge is 0.334 e. The van der Waals surface area contributed by atoms with Crippen molar-refractivity contribution in [1.29, 1.82) is 0 Å². The fourth-order valence-electron chi connectivity index (χ4n) is 2.68. The number of benzene rings is 1. The maximum Gasteiger partial charge on any atom is 0.334 e. The van der Waals surface area contributed by atoms with Crippen LogP contribution in [0.5, 0.6) is 0 Å². The summed E-state index contributed by atoms with van der Waals surface area (Å²) in [6, 6.07) is 5.73. The molecule has 1 unspecified atom stereocenters. The van der Waals surface area contributed by atoms with Crippen LogP contribution >= 0.6 is 0 Å². The van der Waals surface area contributed by atoms with Crippen LogP contribution < -0.4 is 5.32 Å². The maximum atomic E-state index is 12.2. The zero-order valence-corrected chi connectivity index (χ0v) is 13.1. The Morgan fingerprint density at radius 3 is 2.65 bits per heavy atom. The van der Waals surface area contributed by atoms with Crippen LogP contribution in [0.2, 0.25) is 0 Å². The van der Waals surface area contributed by atoms with E-state index in [0.29, 0.717) is 5.56 Å². The molecule has 0 aromatic heterocycles. The Labute approximate surface area is 134 Å². The van der Waals surface area contributed by atoms with Crippen molar-refractivity contribution in [3.05, 3.63) is 34.9 Å². The van der Waals surface area contributed by atoms with E-state index in [0.717, 1.165) is 19.3 Å². The van der Waals surface area contributed by atoms with Crippen LogP contribution in [0.15, 0.2) is 18.2 Å². The van der Waals surface area contributed by atoms with Crippen LogP contribution in [-0.4, -0.2) is 42.5 Å². The molecule has 1 aliphatic rings. The van der Waals surface area contributed by atoms with Crippen LogP contribution in [0, 0.1) is 0 Å². The van der Waals surface area contributed by atoms with Crippen molar-refractivity contribution >= 4 is 17.7 Å². The van der Waals surface area contributed by atoms with Crippen molar-refractivity contribution in [2.75, 3.05) is 13.7 Å². The van der Waals surface area contributed by atoms with Crippen molar-refractivity contribution in [2.45, 2.75) is 38.2 Å². The number of Topliss-reactive ketones (excluding diaryl/α,β-unsaturated/α-hetero) is 1. The molecule has 1 aromatic carbocycles. The van der Waals surface area contributed by atoms with Gasteiger partial charge in [0, 0.05) is 25.5 Å². The molecule has 6 heteroatoms. The van der Waals surface area contributed by atoms with Crippen molar-refractivity contribution in [3.63, 3.8) is 0 Å². The van der Waals surface area contributed by atoms with Crippen molar-refractivity contribution in [1.82, 2.24) is 5.32 Å². The van der Waals surface area contributed by atoms with Crippen LogP contribution in [0.25, 0.3) is 0 Å². The van der Waals surface area contributed by atoms with Gasteiger partial charge in [-0.25, -0.2) is 4.79 Å². The molecule has 0 saturated carbocycles. The lowest BCUT2D eigenvalue weighted by atomic mass is 10.0. The van der Waals surface area contributed by atoms with Gasteiger partial charge in [0.2, 0.25) is 5.91 Å². The Kier molecular flexibility index (Phi) is 5.87. The molecule has 1 aromatic rings. The topological polar surface area (TPSA) is 92.7 Å². The summed E-state index contributed by atoms with van der Waals surface area (Å²) in [5, 5.41) is 11.3. The zero-order valence-electron chi connectivity index (χ0n) is 13.1. The molecule has 1 amide bonds. The Balaban J connectivity index is 1.80. The van der Waals surface area contributed by atoms with Crippen molar-refractivity contribution < 1.29 is 24.2 Å². The number of carboxylic acid groups (broad SMARTS) is 1. The minimum Gasteiger partial charge on any atom is -0.479 e. The molecule has 0 radical (unpaired) electrons. The number of ether oxygens (including phenoxy) is 1. The highest BCUT2D eigenvalue weighted by Crippen LogP contribution is 2.23. The van der Waals surface area contributed by atoms with Gasteiger partial charge < -0.3 is 15.2 Å². The molecule has 6 nitrogen and oxygen atoms in total. The molecule has 0 aliphatic heterocycles. The molecule has 0 fully saturated rings. The summed E-state index contributed by atoms with van der Waals surface area (Å²) in [7, 11) is 1.27. The van der Waals surface area contributed by atoms with Gasteiger partial charge in [0.1, 0.15) is 0 Å². The number of carboxylic acids is 1. The van der Waals surface area contributed by atoms with Crippen LogP contribution in [-0.2, 0) is 27.2 Å². The minimum absolute atomic E-state index is 0.0337. The van der Waals surface area contributed by atoms with Gasteiger partial charge in [-0.1, -0.05) is 12.1 Å². The minimum atomic E-state index is -1.14. The first kappa shape index (κ1) is 17.1. The first-order valence-corrected chi connectivity index (χ1v) is 7.68. The largest absolute Gasteiger partial charge is 0.479 e. The molecule has 23 heavy (non-hydrogen) atoms. The summed E-state index contributed by atoms with van der Waals surface area (Å²) in [6.45, 7) is -0.113. The number of carbonyl (C=O) groups is 3. The van der Waals surface area contributed by atoms with Gasteiger partial charge in [0.05, 0.1) is 6.54 Å². The van der Waals surface area contributed by atoms with Crippen molar-refractivity contribution in [3.8, 4) is 0 Å². The number of hydrogen-bond donors (Lipinski definition) is 2. The van der Waals surface area contributed by atoms with Crippen LogP contribution in [0.3, 0.4) is 0 Å². The molecule has 2 N–H and O–H groups in total. The highest BCUT2D eigenvalue weighted by molar-refractivity contribution is 5.98. The SMILES string of the molecule is COC(CNC(=O)CCC(=O)c1ccc2c(c1)CCC2)C(=O)O. The van der Waals surface area contributed by atoms with Crippen molar-refractivity contribution in [2.24, 2.45) is 0 Å². The summed E-state index contributed by atoms with van der Waals surface area (Å²) in [4.78, 5) is 34.6. The number of hydrogen-bond acceptors (Lipinski definition) is 4. The fourth-order valence-corrected chi connectivity index (χ4v) is 2.68. The van der Waals surface area contributed by atoms with E-state index in [2.05, 4.69) is 5.32 Å². The average molecular weight is 319 g/mol. The number of carbonyl (C=O) groups excluding carboxylic acids is 2. The third-order valence-corrected chi connectivity index (χ3v) is 4.04. The third kappa shape index (κ3) is 4.63. The summed E-state index contributed by atoms with van der Waals surface area (Å²) < 4.78 is 4.72. The molecule has 0 heterocycles. The van der Waals surface area contributed by atoms with Gasteiger partial charge in [-0.3, -0.25) is 9.59 Å². The Morgan fingerprint density at radius 1 is 1.22 bits per heavy atom. The van der Waals surface area contributed by atoms with Gasteiger partial charge in [-0.15, -0.1) is 0 Å². The van der Waals surface area contributed by atoms with Gasteiger partial charge in [0.25, 0.3) is 0 Å². The van der Waals surface area contributed by atoms with E-state index in [4.69, 9.17) is 9.84 Å². The van der Waals surface area contributed by atoms with E-state index in [1.165, 1.54) is 18.2 Å². The lowest BCUT2D eigenvalue weighted by Crippen LogP contribution is -2.37. The quantitative estimate of drug-likeness (QED) is 0.706. The standard InChI is InChI=1S/C17H21NO5/c1-23-15(17(21)22)10-18-16(20)8-7-14(19)13-6-5-11-3-2-4-12(11)9-13/h5-6,9,15H,2-4,7-8,10H2,1H3,(H,18,20)(H,21,22). The zero-order chi connectivity index (χ0) is 16.8. The van der Waals surface area contributed by atoms with E-state index >= 15 is 0 Å². The second kappa shape index (κ2) is 7.87.